The molecule has 18 heavy (non-hydrogen) atoms. The molecule has 0 spiro atoms. The second-order valence-electron chi connectivity index (χ2n) is 4.43. The zero-order chi connectivity index (χ0) is 12.8. The monoisotopic (exact) mass is 263 g/mol. The van der Waals surface area contributed by atoms with Gasteiger partial charge in [-0.1, -0.05) is 25.1 Å². The highest BCUT2D eigenvalue weighted by molar-refractivity contribution is 7.17. The number of nitrogens with one attached hydrogen (secondary N) is 1. The van der Waals surface area contributed by atoms with Crippen LogP contribution >= 0.6 is 11.3 Å². The first-order valence-electron chi connectivity index (χ1n) is 6.55. The molecule has 1 aromatic heterocycles. The van der Waals surface area contributed by atoms with E-state index in [0.717, 1.165) is 26.0 Å². The van der Waals surface area contributed by atoms with Gasteiger partial charge in [0, 0.05) is 24.5 Å². The van der Waals surface area contributed by atoms with Crippen molar-refractivity contribution < 1.29 is 4.74 Å². The van der Waals surface area contributed by atoms with Crippen molar-refractivity contribution in [2.45, 2.75) is 25.8 Å². The predicted molar refractivity (Wildman–Crippen MR) is 79.4 cm³/mol. The minimum Gasteiger partial charge on any atom is -0.385 e. The van der Waals surface area contributed by atoms with Gasteiger partial charge in [-0.05, 0) is 41.8 Å². The molecule has 3 heteroatoms. The third-order valence-corrected chi connectivity index (χ3v) is 4.16. The summed E-state index contributed by atoms with van der Waals surface area (Å²) in [5.41, 5.74) is 1.44. The minimum absolute atomic E-state index is 0.446. The summed E-state index contributed by atoms with van der Waals surface area (Å²) in [5.74, 6) is 0. The largest absolute Gasteiger partial charge is 0.385 e. The molecule has 0 saturated carbocycles. The van der Waals surface area contributed by atoms with Gasteiger partial charge in [-0.2, -0.15) is 0 Å². The van der Waals surface area contributed by atoms with E-state index in [1.165, 1.54) is 15.6 Å². The molecule has 2 aromatic rings. The topological polar surface area (TPSA) is 21.3 Å². The van der Waals surface area contributed by atoms with E-state index in [2.05, 4.69) is 41.9 Å². The van der Waals surface area contributed by atoms with E-state index < -0.39 is 0 Å². The van der Waals surface area contributed by atoms with E-state index in [1.807, 2.05) is 11.3 Å². The molecule has 0 amide bonds. The average Bonchev–Trinajstić information content (AvgIpc) is 2.82. The summed E-state index contributed by atoms with van der Waals surface area (Å²) in [7, 11) is 1.77. The molecule has 0 bridgehead atoms. The first-order chi connectivity index (χ1) is 8.86. The van der Waals surface area contributed by atoms with E-state index in [4.69, 9.17) is 4.74 Å². The Kier molecular flexibility index (Phi) is 5.17. The van der Waals surface area contributed by atoms with Crippen molar-refractivity contribution in [3.05, 3.63) is 35.2 Å². The maximum atomic E-state index is 5.15. The Morgan fingerprint density at radius 2 is 2.17 bits per heavy atom. The smallest absolute Gasteiger partial charge is 0.0462 e. The third-order valence-electron chi connectivity index (χ3n) is 3.18. The number of methoxy groups -OCH3 is 1. The summed E-state index contributed by atoms with van der Waals surface area (Å²) in [5, 5.41) is 7.28. The first kappa shape index (κ1) is 13.5. The SMILES string of the molecule is CCNC(CCCOC)c1csc2ccccc12. The zero-order valence-corrected chi connectivity index (χ0v) is 11.9. The lowest BCUT2D eigenvalue weighted by Gasteiger charge is -2.17. The Morgan fingerprint density at radius 3 is 2.94 bits per heavy atom. The predicted octanol–water partition coefficient (Wildman–Crippen LogP) is 3.98. The molecule has 1 atom stereocenters. The molecule has 1 heterocycles. The Labute approximate surface area is 113 Å². The Bertz CT molecular complexity index is 480. The molecule has 0 aliphatic carbocycles. The second kappa shape index (κ2) is 6.88. The van der Waals surface area contributed by atoms with Gasteiger partial charge in [-0.15, -0.1) is 11.3 Å². The van der Waals surface area contributed by atoms with Crippen molar-refractivity contribution in [2.24, 2.45) is 0 Å². The lowest BCUT2D eigenvalue weighted by Crippen LogP contribution is -2.21. The molecule has 2 rings (SSSR count). The summed E-state index contributed by atoms with van der Waals surface area (Å²) in [6, 6.07) is 9.09. The molecular formula is C15H21NOS. The van der Waals surface area contributed by atoms with Gasteiger partial charge in [-0.25, -0.2) is 0 Å². The van der Waals surface area contributed by atoms with Crippen molar-refractivity contribution in [3.8, 4) is 0 Å². The van der Waals surface area contributed by atoms with Gasteiger partial charge < -0.3 is 10.1 Å². The normalized spacial score (nSPS) is 13.0. The summed E-state index contributed by atoms with van der Waals surface area (Å²) in [4.78, 5) is 0. The molecule has 1 N–H and O–H groups in total. The van der Waals surface area contributed by atoms with Crippen LogP contribution in [0.3, 0.4) is 0 Å². The van der Waals surface area contributed by atoms with Crippen LogP contribution in [0.15, 0.2) is 29.6 Å². The highest BCUT2D eigenvalue weighted by Crippen LogP contribution is 2.32. The van der Waals surface area contributed by atoms with Crippen LogP contribution < -0.4 is 5.32 Å². The Hall–Kier alpha value is -0.900. The number of fused-ring (bicyclic) bond motifs is 1. The summed E-state index contributed by atoms with van der Waals surface area (Å²) < 4.78 is 6.53. The van der Waals surface area contributed by atoms with Crippen molar-refractivity contribution in [1.82, 2.24) is 5.32 Å². The van der Waals surface area contributed by atoms with Crippen molar-refractivity contribution >= 4 is 21.4 Å². The number of hydrogen-bond acceptors (Lipinski definition) is 3. The van der Waals surface area contributed by atoms with Crippen LogP contribution in [0.25, 0.3) is 10.1 Å². The fraction of sp³-hybridized carbons (Fsp3) is 0.467. The van der Waals surface area contributed by atoms with E-state index >= 15 is 0 Å². The third kappa shape index (κ3) is 3.10. The molecule has 0 aliphatic rings. The van der Waals surface area contributed by atoms with Crippen LogP contribution in [0.5, 0.6) is 0 Å². The van der Waals surface area contributed by atoms with Crippen LogP contribution in [0.4, 0.5) is 0 Å². The van der Waals surface area contributed by atoms with Gasteiger partial charge in [-0.3, -0.25) is 0 Å². The summed E-state index contributed by atoms with van der Waals surface area (Å²) >= 11 is 1.84. The second-order valence-corrected chi connectivity index (χ2v) is 5.34. The summed E-state index contributed by atoms with van der Waals surface area (Å²) in [6.07, 6.45) is 2.22. The van der Waals surface area contributed by atoms with E-state index in [9.17, 15) is 0 Å². The standard InChI is InChI=1S/C15H21NOS/c1-3-16-14(8-6-10-17-2)13-11-18-15-9-5-4-7-12(13)15/h4-5,7,9,11,14,16H,3,6,8,10H2,1-2H3. The molecule has 0 aliphatic heterocycles. The lowest BCUT2D eigenvalue weighted by atomic mass is 10.0. The Balaban J connectivity index is 2.18. The van der Waals surface area contributed by atoms with E-state index in [1.54, 1.807) is 7.11 Å². The number of thiophene rings is 1. The van der Waals surface area contributed by atoms with Gasteiger partial charge in [0.15, 0.2) is 0 Å². The van der Waals surface area contributed by atoms with Gasteiger partial charge >= 0.3 is 0 Å². The number of rotatable bonds is 7. The summed E-state index contributed by atoms with van der Waals surface area (Å²) in [6.45, 7) is 4.00. The van der Waals surface area contributed by atoms with Crippen LogP contribution in [0, 0.1) is 0 Å². The molecule has 1 aromatic carbocycles. The van der Waals surface area contributed by atoms with Crippen LogP contribution in [-0.4, -0.2) is 20.3 Å². The minimum atomic E-state index is 0.446. The van der Waals surface area contributed by atoms with Gasteiger partial charge in [0.25, 0.3) is 0 Å². The highest BCUT2D eigenvalue weighted by atomic mass is 32.1. The van der Waals surface area contributed by atoms with E-state index in [-0.39, 0.29) is 0 Å². The maximum absolute atomic E-state index is 5.15. The first-order valence-corrected chi connectivity index (χ1v) is 7.43. The number of ether oxygens (including phenoxy) is 1. The van der Waals surface area contributed by atoms with E-state index in [0.29, 0.717) is 6.04 Å². The van der Waals surface area contributed by atoms with Gasteiger partial charge in [0.1, 0.15) is 0 Å². The van der Waals surface area contributed by atoms with Gasteiger partial charge in [0.05, 0.1) is 0 Å². The molecule has 0 radical (unpaired) electrons. The quantitative estimate of drug-likeness (QED) is 0.763. The molecule has 1 unspecified atom stereocenters. The molecule has 0 saturated heterocycles. The zero-order valence-electron chi connectivity index (χ0n) is 11.1. The van der Waals surface area contributed by atoms with Crippen molar-refractivity contribution in [2.75, 3.05) is 20.3 Å². The lowest BCUT2D eigenvalue weighted by molar-refractivity contribution is 0.189. The molecule has 2 nitrogen and oxygen atoms in total. The Morgan fingerprint density at radius 1 is 1.33 bits per heavy atom. The van der Waals surface area contributed by atoms with Gasteiger partial charge in [0.2, 0.25) is 0 Å². The number of hydrogen-bond donors (Lipinski definition) is 1. The van der Waals surface area contributed by atoms with Crippen LogP contribution in [0.1, 0.15) is 31.4 Å². The molecular weight excluding hydrogens is 242 g/mol. The maximum Gasteiger partial charge on any atom is 0.0462 e. The average molecular weight is 263 g/mol. The van der Waals surface area contributed by atoms with Crippen LogP contribution in [-0.2, 0) is 4.74 Å². The van der Waals surface area contributed by atoms with Crippen molar-refractivity contribution in [3.63, 3.8) is 0 Å². The molecule has 98 valence electrons. The van der Waals surface area contributed by atoms with Crippen LogP contribution in [0.2, 0.25) is 0 Å². The highest BCUT2D eigenvalue weighted by Gasteiger charge is 2.14. The fourth-order valence-corrected chi connectivity index (χ4v) is 3.33. The molecule has 0 fully saturated rings. The van der Waals surface area contributed by atoms with Crippen molar-refractivity contribution in [1.29, 1.82) is 0 Å². The fourth-order valence-electron chi connectivity index (χ4n) is 2.31. The number of benzene rings is 1.